The molecule has 0 saturated heterocycles. The van der Waals surface area contributed by atoms with Crippen LogP contribution in [-0.2, 0) is 6.42 Å². The molecule has 96 valence electrons. The zero-order valence-electron chi connectivity index (χ0n) is 11.4. The summed E-state index contributed by atoms with van der Waals surface area (Å²) in [4.78, 5) is 3.25. The minimum Gasteiger partial charge on any atom is -0.146 e. The fourth-order valence-corrected chi connectivity index (χ4v) is 4.20. The van der Waals surface area contributed by atoms with Gasteiger partial charge in [-0.05, 0) is 62.4 Å². The third-order valence-corrected chi connectivity index (χ3v) is 5.20. The first kappa shape index (κ1) is 13.8. The minimum atomic E-state index is 0.421. The Labute approximate surface area is 122 Å². The summed E-state index contributed by atoms with van der Waals surface area (Å²) >= 11 is 5.72. The van der Waals surface area contributed by atoms with Crippen molar-refractivity contribution in [2.24, 2.45) is 0 Å². The molecule has 1 aromatic heterocycles. The second-order valence-electron chi connectivity index (χ2n) is 4.96. The molecule has 0 radical (unpaired) electrons. The van der Waals surface area contributed by atoms with E-state index in [1.165, 1.54) is 32.0 Å². The van der Waals surface area contributed by atoms with Crippen LogP contribution in [0.4, 0.5) is 0 Å². The highest BCUT2D eigenvalue weighted by Crippen LogP contribution is 2.34. The first-order chi connectivity index (χ1) is 8.47. The van der Waals surface area contributed by atoms with Crippen LogP contribution in [-0.4, -0.2) is 0 Å². The van der Waals surface area contributed by atoms with Crippen molar-refractivity contribution in [2.45, 2.75) is 38.9 Å². The number of aryl methyl sites for hydroxylation is 4. The van der Waals surface area contributed by atoms with Crippen LogP contribution in [0.3, 0.4) is 0 Å². The van der Waals surface area contributed by atoms with Gasteiger partial charge in [0.2, 0.25) is 0 Å². The third-order valence-electron chi connectivity index (χ3n) is 3.40. The third kappa shape index (κ3) is 3.04. The number of alkyl halides is 1. The van der Waals surface area contributed by atoms with E-state index in [1.807, 2.05) is 11.3 Å². The summed E-state index contributed by atoms with van der Waals surface area (Å²) < 4.78 is 0. The van der Waals surface area contributed by atoms with Gasteiger partial charge in [-0.15, -0.1) is 11.3 Å². The van der Waals surface area contributed by atoms with Crippen molar-refractivity contribution in [1.82, 2.24) is 0 Å². The molecule has 0 aliphatic carbocycles. The van der Waals surface area contributed by atoms with E-state index in [4.69, 9.17) is 0 Å². The maximum Gasteiger partial charge on any atom is 0.0446 e. The summed E-state index contributed by atoms with van der Waals surface area (Å²) in [6.07, 6.45) is 1.05. The molecule has 1 unspecified atom stereocenters. The zero-order valence-corrected chi connectivity index (χ0v) is 13.8. The molecule has 1 aromatic carbocycles. The Balaban J connectivity index is 2.18. The molecule has 18 heavy (non-hydrogen) atoms. The maximum absolute atomic E-state index is 3.84. The van der Waals surface area contributed by atoms with Crippen LogP contribution >= 0.6 is 27.3 Å². The van der Waals surface area contributed by atoms with Gasteiger partial charge in [-0.1, -0.05) is 34.1 Å². The van der Waals surface area contributed by atoms with Gasteiger partial charge in [0.05, 0.1) is 0 Å². The molecule has 1 atom stereocenters. The topological polar surface area (TPSA) is 0 Å². The highest BCUT2D eigenvalue weighted by molar-refractivity contribution is 9.09. The molecule has 0 amide bonds. The minimum absolute atomic E-state index is 0.421. The van der Waals surface area contributed by atoms with E-state index < -0.39 is 0 Å². The van der Waals surface area contributed by atoms with Crippen LogP contribution in [0.1, 0.15) is 36.8 Å². The molecule has 0 bridgehead atoms. The lowest BCUT2D eigenvalue weighted by molar-refractivity contribution is 0.942. The second-order valence-corrected chi connectivity index (χ2v) is 7.52. The molecule has 2 aromatic rings. The largest absolute Gasteiger partial charge is 0.146 e. The Kier molecular flexibility index (Phi) is 4.29. The Hall–Kier alpha value is -0.600. The molecule has 0 aliphatic heterocycles. The number of hydrogen-bond donors (Lipinski definition) is 0. The van der Waals surface area contributed by atoms with Gasteiger partial charge in [-0.3, -0.25) is 0 Å². The van der Waals surface area contributed by atoms with Crippen LogP contribution in [0.25, 0.3) is 0 Å². The van der Waals surface area contributed by atoms with Gasteiger partial charge in [0.1, 0.15) is 0 Å². The van der Waals surface area contributed by atoms with Gasteiger partial charge in [-0.25, -0.2) is 0 Å². The molecule has 0 saturated carbocycles. The van der Waals surface area contributed by atoms with Gasteiger partial charge in [0, 0.05) is 14.6 Å². The fraction of sp³-hybridized carbons (Fsp3) is 0.375. The van der Waals surface area contributed by atoms with E-state index in [2.05, 4.69) is 67.9 Å². The lowest BCUT2D eigenvalue weighted by atomic mass is 10.0. The molecule has 0 fully saturated rings. The van der Waals surface area contributed by atoms with Gasteiger partial charge < -0.3 is 0 Å². The van der Waals surface area contributed by atoms with Crippen LogP contribution in [0.2, 0.25) is 0 Å². The number of rotatable bonds is 3. The number of halogens is 1. The Morgan fingerprint density at radius 2 is 1.78 bits per heavy atom. The predicted molar refractivity (Wildman–Crippen MR) is 85.1 cm³/mol. The van der Waals surface area contributed by atoms with Gasteiger partial charge in [0.25, 0.3) is 0 Å². The van der Waals surface area contributed by atoms with E-state index >= 15 is 0 Å². The molecule has 1 heterocycles. The average molecular weight is 323 g/mol. The van der Waals surface area contributed by atoms with E-state index in [0.717, 1.165) is 6.42 Å². The van der Waals surface area contributed by atoms with E-state index in [0.29, 0.717) is 4.83 Å². The first-order valence-electron chi connectivity index (χ1n) is 6.24. The number of hydrogen-bond acceptors (Lipinski definition) is 1. The van der Waals surface area contributed by atoms with Gasteiger partial charge in [-0.2, -0.15) is 0 Å². The molecular weight excluding hydrogens is 304 g/mol. The lowest BCUT2D eigenvalue weighted by Crippen LogP contribution is -1.96. The summed E-state index contributed by atoms with van der Waals surface area (Å²) in [5.41, 5.74) is 5.59. The monoisotopic (exact) mass is 322 g/mol. The van der Waals surface area contributed by atoms with E-state index in [-0.39, 0.29) is 0 Å². The Morgan fingerprint density at radius 3 is 2.33 bits per heavy atom. The SMILES string of the molecule is Cc1cc(C(Br)Cc2ccc(C)c(C)c2)c(C)s1. The molecule has 2 heteroatoms. The molecular formula is C16H19BrS. The van der Waals surface area contributed by atoms with Crippen molar-refractivity contribution in [3.8, 4) is 0 Å². The van der Waals surface area contributed by atoms with Crippen molar-refractivity contribution in [2.75, 3.05) is 0 Å². The van der Waals surface area contributed by atoms with Crippen molar-refractivity contribution in [3.05, 3.63) is 56.3 Å². The fourth-order valence-electron chi connectivity index (χ4n) is 2.21. The Bertz CT molecular complexity index is 554. The lowest BCUT2D eigenvalue weighted by Gasteiger charge is -2.11. The number of benzene rings is 1. The normalized spacial score (nSPS) is 12.7. The highest BCUT2D eigenvalue weighted by atomic mass is 79.9. The van der Waals surface area contributed by atoms with Gasteiger partial charge >= 0.3 is 0 Å². The molecule has 0 N–H and O–H groups in total. The van der Waals surface area contributed by atoms with Crippen molar-refractivity contribution >= 4 is 27.3 Å². The summed E-state index contributed by atoms with van der Waals surface area (Å²) in [6.45, 7) is 8.73. The van der Waals surface area contributed by atoms with Crippen LogP contribution in [0.15, 0.2) is 24.3 Å². The average Bonchev–Trinajstić information content (AvgIpc) is 2.63. The molecule has 2 rings (SSSR count). The maximum atomic E-state index is 3.84. The number of thiophene rings is 1. The van der Waals surface area contributed by atoms with E-state index in [9.17, 15) is 0 Å². The smallest absolute Gasteiger partial charge is 0.0446 e. The molecule has 0 spiro atoms. The van der Waals surface area contributed by atoms with Crippen molar-refractivity contribution in [1.29, 1.82) is 0 Å². The Morgan fingerprint density at radius 1 is 1.06 bits per heavy atom. The van der Waals surface area contributed by atoms with Crippen LogP contribution in [0.5, 0.6) is 0 Å². The summed E-state index contributed by atoms with van der Waals surface area (Å²) in [5, 5.41) is 0. The standard InChI is InChI=1S/C16H19BrS/c1-10-5-6-14(7-11(10)2)9-16(17)15-8-12(3)18-13(15)4/h5-8,16H,9H2,1-4H3. The molecule has 0 aliphatic rings. The van der Waals surface area contributed by atoms with Crippen molar-refractivity contribution in [3.63, 3.8) is 0 Å². The quantitative estimate of drug-likeness (QED) is 0.639. The summed E-state index contributed by atoms with van der Waals surface area (Å²) in [7, 11) is 0. The van der Waals surface area contributed by atoms with Gasteiger partial charge in [0.15, 0.2) is 0 Å². The summed E-state index contributed by atoms with van der Waals surface area (Å²) in [5.74, 6) is 0. The summed E-state index contributed by atoms with van der Waals surface area (Å²) in [6, 6.07) is 9.07. The molecule has 0 nitrogen and oxygen atoms in total. The predicted octanol–water partition coefficient (Wildman–Crippen LogP) is 5.66. The first-order valence-corrected chi connectivity index (χ1v) is 7.97. The zero-order chi connectivity index (χ0) is 13.3. The van der Waals surface area contributed by atoms with E-state index in [1.54, 1.807) is 0 Å². The van der Waals surface area contributed by atoms with Crippen LogP contribution < -0.4 is 0 Å². The van der Waals surface area contributed by atoms with Crippen LogP contribution in [0, 0.1) is 27.7 Å². The van der Waals surface area contributed by atoms with Crippen molar-refractivity contribution < 1.29 is 0 Å². The second kappa shape index (κ2) is 5.58. The highest BCUT2D eigenvalue weighted by Gasteiger charge is 2.13.